The third-order valence-electron chi connectivity index (χ3n) is 4.70. The van der Waals surface area contributed by atoms with E-state index in [1.807, 2.05) is 49.1 Å². The lowest BCUT2D eigenvalue weighted by molar-refractivity contribution is 0.0632. The van der Waals surface area contributed by atoms with E-state index < -0.39 is 0 Å². The van der Waals surface area contributed by atoms with E-state index in [0.29, 0.717) is 30.3 Å². The molecule has 1 aliphatic heterocycles. The number of benzene rings is 1. The van der Waals surface area contributed by atoms with Gasteiger partial charge in [-0.15, -0.1) is 10.1 Å². The van der Waals surface area contributed by atoms with E-state index in [0.717, 1.165) is 13.1 Å². The Morgan fingerprint density at radius 3 is 2.52 bits per heavy atom. The molecule has 142 valence electrons. The van der Waals surface area contributed by atoms with E-state index >= 15 is 0 Å². The van der Waals surface area contributed by atoms with Gasteiger partial charge in [0.2, 0.25) is 5.76 Å². The number of aromatic nitrogens is 3. The molecule has 1 fully saturated rings. The maximum absolute atomic E-state index is 13.0. The Balaban J connectivity index is 1.65. The molecule has 1 aliphatic rings. The van der Waals surface area contributed by atoms with Crippen LogP contribution in [0.15, 0.2) is 34.7 Å². The molecule has 0 atom stereocenters. The molecule has 0 aliphatic carbocycles. The van der Waals surface area contributed by atoms with Crippen LogP contribution < -0.4 is 4.74 Å². The lowest BCUT2D eigenvalue weighted by Crippen LogP contribution is -2.47. The van der Waals surface area contributed by atoms with E-state index in [4.69, 9.17) is 9.15 Å². The Bertz CT molecular complexity index is 939. The molecular weight excluding hydrogens is 346 g/mol. The van der Waals surface area contributed by atoms with E-state index in [2.05, 4.69) is 22.0 Å². The van der Waals surface area contributed by atoms with E-state index in [1.54, 1.807) is 4.52 Å². The summed E-state index contributed by atoms with van der Waals surface area (Å²) in [6.45, 7) is 7.09. The highest BCUT2D eigenvalue weighted by atomic mass is 16.5. The number of carbonyl (C=O) groups excluding carboxylic acids is 1. The fraction of sp³-hybridized carbons (Fsp3) is 0.421. The number of hydrogen-bond acceptors (Lipinski definition) is 6. The molecular formula is C19H23N5O3. The molecule has 0 saturated carbocycles. The molecule has 0 bridgehead atoms. The highest BCUT2D eigenvalue weighted by Crippen LogP contribution is 2.27. The Labute approximate surface area is 157 Å². The van der Waals surface area contributed by atoms with Crippen LogP contribution in [-0.4, -0.2) is 63.5 Å². The van der Waals surface area contributed by atoms with Crippen molar-refractivity contribution in [2.75, 3.05) is 33.2 Å². The highest BCUT2D eigenvalue weighted by molar-refractivity contribution is 5.93. The number of oxazole rings is 1. The smallest absolute Gasteiger partial charge is 0.344 e. The lowest BCUT2D eigenvalue weighted by Gasteiger charge is -2.32. The fourth-order valence-electron chi connectivity index (χ4n) is 3.19. The second kappa shape index (κ2) is 7.03. The third kappa shape index (κ3) is 3.40. The Morgan fingerprint density at radius 2 is 1.85 bits per heavy atom. The largest absolute Gasteiger partial charge is 0.423 e. The number of fused-ring (bicyclic) bond motifs is 1. The number of amides is 1. The number of ether oxygens (including phenoxy) is 1. The molecule has 1 amide bonds. The molecule has 1 aromatic carbocycles. The van der Waals surface area contributed by atoms with Crippen molar-refractivity contribution in [2.24, 2.45) is 0 Å². The molecule has 0 N–H and O–H groups in total. The minimum absolute atomic E-state index is 0.0453. The second-order valence-electron chi connectivity index (χ2n) is 7.07. The third-order valence-corrected chi connectivity index (χ3v) is 4.70. The van der Waals surface area contributed by atoms with Crippen molar-refractivity contribution in [3.05, 3.63) is 41.8 Å². The first-order valence-electron chi connectivity index (χ1n) is 9.13. The van der Waals surface area contributed by atoms with Gasteiger partial charge < -0.3 is 19.0 Å². The van der Waals surface area contributed by atoms with Crippen molar-refractivity contribution in [3.8, 4) is 11.8 Å². The molecule has 2 aromatic heterocycles. The van der Waals surface area contributed by atoms with E-state index in [1.165, 1.54) is 0 Å². The molecule has 0 spiro atoms. The minimum Gasteiger partial charge on any atom is -0.423 e. The van der Waals surface area contributed by atoms with Gasteiger partial charge in [-0.3, -0.25) is 4.79 Å². The first-order valence-corrected chi connectivity index (χ1v) is 9.13. The Hall–Kier alpha value is -2.87. The molecule has 27 heavy (non-hydrogen) atoms. The summed E-state index contributed by atoms with van der Waals surface area (Å²) in [4.78, 5) is 21.3. The monoisotopic (exact) mass is 369 g/mol. The zero-order valence-corrected chi connectivity index (χ0v) is 15.8. The first-order chi connectivity index (χ1) is 13.0. The summed E-state index contributed by atoms with van der Waals surface area (Å²) in [6, 6.07) is 9.51. The number of rotatable bonds is 4. The van der Waals surface area contributed by atoms with Gasteiger partial charge in [0.25, 0.3) is 5.91 Å². The molecule has 8 heteroatoms. The Kier molecular flexibility index (Phi) is 4.57. The van der Waals surface area contributed by atoms with Crippen molar-refractivity contribution in [2.45, 2.75) is 19.8 Å². The summed E-state index contributed by atoms with van der Waals surface area (Å²) in [6.07, 6.45) is 0. The van der Waals surface area contributed by atoms with E-state index in [-0.39, 0.29) is 23.7 Å². The van der Waals surface area contributed by atoms with Gasteiger partial charge in [-0.05, 0) is 25.1 Å². The van der Waals surface area contributed by atoms with Gasteiger partial charge in [-0.25, -0.2) is 0 Å². The van der Waals surface area contributed by atoms with Crippen molar-refractivity contribution in [1.82, 2.24) is 24.4 Å². The van der Waals surface area contributed by atoms with Crippen LogP contribution in [0.3, 0.4) is 0 Å². The molecule has 8 nitrogen and oxygen atoms in total. The van der Waals surface area contributed by atoms with Crippen molar-refractivity contribution >= 4 is 11.8 Å². The predicted octanol–water partition coefficient (Wildman–Crippen LogP) is 2.63. The van der Waals surface area contributed by atoms with E-state index in [9.17, 15) is 4.79 Å². The number of piperazine rings is 1. The summed E-state index contributed by atoms with van der Waals surface area (Å²) in [7, 11) is 2.06. The molecule has 4 rings (SSSR count). The average molecular weight is 369 g/mol. The standard InChI is InChI=1S/C19H23N5O3/c1-13(2)15-16(17(25)23-11-9-22(3)10-12-23)27-19-20-18(21-24(15)19)26-14-7-5-4-6-8-14/h4-8,13H,9-12H2,1-3H3. The predicted molar refractivity (Wildman–Crippen MR) is 99.3 cm³/mol. The van der Waals surface area contributed by atoms with Crippen LogP contribution in [0.4, 0.5) is 0 Å². The van der Waals surface area contributed by atoms with Gasteiger partial charge in [0.05, 0.1) is 5.69 Å². The van der Waals surface area contributed by atoms with Crippen LogP contribution in [0.5, 0.6) is 11.8 Å². The topological polar surface area (TPSA) is 76.1 Å². The average Bonchev–Trinajstić information content (AvgIpc) is 3.19. The summed E-state index contributed by atoms with van der Waals surface area (Å²) < 4.78 is 13.1. The van der Waals surface area contributed by atoms with Gasteiger partial charge in [0.15, 0.2) is 0 Å². The zero-order chi connectivity index (χ0) is 19.0. The van der Waals surface area contributed by atoms with Crippen molar-refractivity contribution in [1.29, 1.82) is 0 Å². The molecule has 3 aromatic rings. The van der Waals surface area contributed by atoms with Gasteiger partial charge in [0, 0.05) is 26.2 Å². The van der Waals surface area contributed by atoms with Crippen LogP contribution in [-0.2, 0) is 0 Å². The molecule has 1 saturated heterocycles. The van der Waals surface area contributed by atoms with Crippen molar-refractivity contribution in [3.63, 3.8) is 0 Å². The maximum atomic E-state index is 13.0. The molecule has 0 radical (unpaired) electrons. The number of carbonyl (C=O) groups is 1. The first kappa shape index (κ1) is 17.5. The van der Waals surface area contributed by atoms with Gasteiger partial charge in [-0.1, -0.05) is 32.0 Å². The van der Waals surface area contributed by atoms with Gasteiger partial charge in [-0.2, -0.15) is 4.52 Å². The lowest BCUT2D eigenvalue weighted by atomic mass is 10.1. The summed E-state index contributed by atoms with van der Waals surface area (Å²) in [5.41, 5.74) is 0.712. The van der Waals surface area contributed by atoms with Crippen LogP contribution in [0.1, 0.15) is 36.0 Å². The van der Waals surface area contributed by atoms with Crippen LogP contribution >= 0.6 is 0 Å². The summed E-state index contributed by atoms with van der Waals surface area (Å²) in [5.74, 6) is 1.16. The zero-order valence-electron chi connectivity index (χ0n) is 15.8. The number of nitrogens with zero attached hydrogens (tertiary/aromatic N) is 5. The van der Waals surface area contributed by atoms with Crippen LogP contribution in [0, 0.1) is 0 Å². The second-order valence-corrected chi connectivity index (χ2v) is 7.07. The molecule has 3 heterocycles. The summed E-state index contributed by atoms with van der Waals surface area (Å²) >= 11 is 0. The SMILES string of the molecule is CC(C)c1c(C(=O)N2CCN(C)CC2)oc2nc(Oc3ccccc3)nn12. The number of likely N-dealkylation sites (N-methyl/N-ethyl adjacent to an activating group) is 1. The Morgan fingerprint density at radius 1 is 1.15 bits per heavy atom. The normalized spacial score (nSPS) is 15.6. The van der Waals surface area contributed by atoms with Gasteiger partial charge in [0.1, 0.15) is 5.75 Å². The van der Waals surface area contributed by atoms with Gasteiger partial charge >= 0.3 is 11.9 Å². The number of hydrogen-bond donors (Lipinski definition) is 0. The quantitative estimate of drug-likeness (QED) is 0.704. The minimum atomic E-state index is -0.107. The fourth-order valence-corrected chi connectivity index (χ4v) is 3.19. The maximum Gasteiger partial charge on any atom is 0.344 e. The number of para-hydroxylation sites is 1. The van der Waals surface area contributed by atoms with Crippen LogP contribution in [0.25, 0.3) is 5.84 Å². The summed E-state index contributed by atoms with van der Waals surface area (Å²) in [5, 5.41) is 4.40. The van der Waals surface area contributed by atoms with Crippen LogP contribution in [0.2, 0.25) is 0 Å². The van der Waals surface area contributed by atoms with Crippen molar-refractivity contribution < 1.29 is 13.9 Å². The highest BCUT2D eigenvalue weighted by Gasteiger charge is 2.30. The molecule has 0 unspecified atom stereocenters.